The summed E-state index contributed by atoms with van der Waals surface area (Å²) >= 11 is 0. The fraction of sp³-hybridized carbons (Fsp3) is 0.538. The Kier molecular flexibility index (Phi) is 2.87. The van der Waals surface area contributed by atoms with E-state index in [1.807, 2.05) is 0 Å². The lowest BCUT2D eigenvalue weighted by molar-refractivity contribution is 0.627. The second-order valence-electron chi connectivity index (χ2n) is 4.20. The first kappa shape index (κ1) is 9.72. The minimum Gasteiger partial charge on any atom is -0.330 e. The first-order valence-electron chi connectivity index (χ1n) is 5.67. The van der Waals surface area contributed by atoms with Gasteiger partial charge >= 0.3 is 0 Å². The van der Waals surface area contributed by atoms with Gasteiger partial charge < -0.3 is 5.73 Å². The molecule has 1 aromatic carbocycles. The van der Waals surface area contributed by atoms with Crippen molar-refractivity contribution < 1.29 is 0 Å². The van der Waals surface area contributed by atoms with Crippen molar-refractivity contribution in [3.63, 3.8) is 0 Å². The van der Waals surface area contributed by atoms with Crippen LogP contribution in [0.4, 0.5) is 0 Å². The van der Waals surface area contributed by atoms with Gasteiger partial charge in [0.1, 0.15) is 0 Å². The molecule has 2 N–H and O–H groups in total. The Bertz CT molecular complexity index is 317. The van der Waals surface area contributed by atoms with Gasteiger partial charge in [-0.25, -0.2) is 0 Å². The van der Waals surface area contributed by atoms with Gasteiger partial charge in [0.05, 0.1) is 0 Å². The van der Waals surface area contributed by atoms with Gasteiger partial charge in [0.25, 0.3) is 0 Å². The highest BCUT2D eigenvalue weighted by molar-refractivity contribution is 5.38. The number of hydrogen-bond acceptors (Lipinski definition) is 1. The standard InChI is InChI=1S/C13H19N/c1-2-10-3-6-13-11(7-8-14)4-5-12(13)9-10/h3,6,9,11H,2,4-5,7-8,14H2,1H3. The molecule has 0 radical (unpaired) electrons. The van der Waals surface area contributed by atoms with Gasteiger partial charge in [0, 0.05) is 0 Å². The van der Waals surface area contributed by atoms with Crippen LogP contribution in [0.25, 0.3) is 0 Å². The maximum atomic E-state index is 5.62. The second kappa shape index (κ2) is 4.14. The van der Waals surface area contributed by atoms with Crippen molar-refractivity contribution in [1.82, 2.24) is 0 Å². The topological polar surface area (TPSA) is 26.0 Å². The van der Waals surface area contributed by atoms with Gasteiger partial charge in [-0.2, -0.15) is 0 Å². The summed E-state index contributed by atoms with van der Waals surface area (Å²) in [7, 11) is 0. The van der Waals surface area contributed by atoms with Crippen molar-refractivity contribution >= 4 is 0 Å². The van der Waals surface area contributed by atoms with Gasteiger partial charge in [-0.15, -0.1) is 0 Å². The van der Waals surface area contributed by atoms with Crippen molar-refractivity contribution in [1.29, 1.82) is 0 Å². The van der Waals surface area contributed by atoms with E-state index in [1.54, 1.807) is 11.1 Å². The Labute approximate surface area is 86.3 Å². The molecule has 0 saturated carbocycles. The van der Waals surface area contributed by atoms with Gasteiger partial charge in [-0.3, -0.25) is 0 Å². The van der Waals surface area contributed by atoms with Gasteiger partial charge in [0.15, 0.2) is 0 Å². The highest BCUT2D eigenvalue weighted by Crippen LogP contribution is 2.35. The number of nitrogens with two attached hydrogens (primary N) is 1. The summed E-state index contributed by atoms with van der Waals surface area (Å²) in [5.41, 5.74) is 10.2. The van der Waals surface area contributed by atoms with Crippen LogP contribution in [0.3, 0.4) is 0 Å². The maximum Gasteiger partial charge on any atom is -0.00714 e. The fourth-order valence-electron chi connectivity index (χ4n) is 2.48. The van der Waals surface area contributed by atoms with Crippen molar-refractivity contribution in [3.8, 4) is 0 Å². The molecule has 0 aliphatic heterocycles. The minimum atomic E-state index is 0.737. The summed E-state index contributed by atoms with van der Waals surface area (Å²) in [6, 6.07) is 6.97. The molecule has 0 saturated heterocycles. The summed E-state index contributed by atoms with van der Waals surface area (Å²) in [6.45, 7) is 3.04. The van der Waals surface area contributed by atoms with Crippen molar-refractivity contribution in [3.05, 3.63) is 34.9 Å². The van der Waals surface area contributed by atoms with Crippen LogP contribution in [-0.4, -0.2) is 6.54 Å². The molecule has 0 fully saturated rings. The molecule has 76 valence electrons. The zero-order chi connectivity index (χ0) is 9.97. The quantitative estimate of drug-likeness (QED) is 0.777. The molecule has 1 unspecified atom stereocenters. The number of rotatable bonds is 3. The summed E-state index contributed by atoms with van der Waals surface area (Å²) in [5, 5.41) is 0. The molecule has 0 amide bonds. The van der Waals surface area contributed by atoms with E-state index >= 15 is 0 Å². The van der Waals surface area contributed by atoms with Crippen LogP contribution in [0.1, 0.15) is 42.4 Å². The maximum absolute atomic E-state index is 5.62. The molecule has 1 heteroatoms. The highest BCUT2D eigenvalue weighted by atomic mass is 14.5. The first-order chi connectivity index (χ1) is 6.85. The molecular formula is C13H19N. The summed E-state index contributed by atoms with van der Waals surface area (Å²) in [6.07, 6.45) is 4.86. The monoisotopic (exact) mass is 189 g/mol. The fourth-order valence-corrected chi connectivity index (χ4v) is 2.48. The van der Waals surface area contributed by atoms with Crippen LogP contribution >= 0.6 is 0 Å². The molecular weight excluding hydrogens is 170 g/mol. The Morgan fingerprint density at radius 3 is 3.00 bits per heavy atom. The summed E-state index contributed by atoms with van der Waals surface area (Å²) in [4.78, 5) is 0. The predicted octanol–water partition coefficient (Wildman–Crippen LogP) is 2.63. The Morgan fingerprint density at radius 2 is 2.29 bits per heavy atom. The van der Waals surface area contributed by atoms with Crippen molar-refractivity contribution in [2.24, 2.45) is 5.73 Å². The van der Waals surface area contributed by atoms with Gasteiger partial charge in [0.2, 0.25) is 0 Å². The second-order valence-corrected chi connectivity index (χ2v) is 4.20. The van der Waals surface area contributed by atoms with Crippen molar-refractivity contribution in [2.45, 2.75) is 38.5 Å². The number of fused-ring (bicyclic) bond motifs is 1. The Balaban J connectivity index is 2.24. The van der Waals surface area contributed by atoms with Crippen LogP contribution in [0.5, 0.6) is 0 Å². The number of benzene rings is 1. The summed E-state index contributed by atoms with van der Waals surface area (Å²) in [5.74, 6) is 0.737. The predicted molar refractivity (Wildman–Crippen MR) is 60.6 cm³/mol. The molecule has 0 heterocycles. The van der Waals surface area contributed by atoms with E-state index < -0.39 is 0 Å². The molecule has 1 nitrogen and oxygen atoms in total. The zero-order valence-corrected chi connectivity index (χ0v) is 8.92. The van der Waals surface area contributed by atoms with Crippen molar-refractivity contribution in [2.75, 3.05) is 6.54 Å². The molecule has 1 aromatic rings. The normalized spacial score (nSPS) is 19.7. The molecule has 0 spiro atoms. The number of aryl methyl sites for hydroxylation is 2. The molecule has 0 bridgehead atoms. The van der Waals surface area contributed by atoms with Crippen LogP contribution in [0, 0.1) is 0 Å². The number of hydrogen-bond donors (Lipinski definition) is 1. The molecule has 14 heavy (non-hydrogen) atoms. The highest BCUT2D eigenvalue weighted by Gasteiger charge is 2.21. The minimum absolute atomic E-state index is 0.737. The first-order valence-corrected chi connectivity index (χ1v) is 5.67. The van der Waals surface area contributed by atoms with E-state index in [1.165, 1.54) is 18.4 Å². The van der Waals surface area contributed by atoms with Crippen LogP contribution < -0.4 is 5.73 Å². The van der Waals surface area contributed by atoms with Gasteiger partial charge in [-0.1, -0.05) is 25.1 Å². The third-order valence-corrected chi connectivity index (χ3v) is 3.33. The SMILES string of the molecule is CCc1ccc2c(c1)CCC2CCN. The largest absolute Gasteiger partial charge is 0.330 e. The van der Waals surface area contributed by atoms with E-state index in [4.69, 9.17) is 5.73 Å². The average molecular weight is 189 g/mol. The van der Waals surface area contributed by atoms with E-state index in [-0.39, 0.29) is 0 Å². The van der Waals surface area contributed by atoms with Crippen LogP contribution in [0.2, 0.25) is 0 Å². The van der Waals surface area contributed by atoms with Crippen LogP contribution in [0.15, 0.2) is 18.2 Å². The van der Waals surface area contributed by atoms with Crippen LogP contribution in [-0.2, 0) is 12.8 Å². The van der Waals surface area contributed by atoms with E-state index in [2.05, 4.69) is 25.1 Å². The van der Waals surface area contributed by atoms with E-state index in [9.17, 15) is 0 Å². The summed E-state index contributed by atoms with van der Waals surface area (Å²) < 4.78 is 0. The molecule has 1 atom stereocenters. The lowest BCUT2D eigenvalue weighted by Gasteiger charge is -2.10. The third kappa shape index (κ3) is 1.69. The Morgan fingerprint density at radius 1 is 1.43 bits per heavy atom. The third-order valence-electron chi connectivity index (χ3n) is 3.33. The molecule has 1 aliphatic rings. The van der Waals surface area contributed by atoms with E-state index in [0.717, 1.165) is 25.3 Å². The average Bonchev–Trinajstić information content (AvgIpc) is 2.61. The van der Waals surface area contributed by atoms with Gasteiger partial charge in [-0.05, 0) is 54.8 Å². The molecule has 2 rings (SSSR count). The lowest BCUT2D eigenvalue weighted by atomic mass is 9.96. The zero-order valence-electron chi connectivity index (χ0n) is 8.92. The smallest absolute Gasteiger partial charge is 0.00714 e. The van der Waals surface area contributed by atoms with E-state index in [0.29, 0.717) is 0 Å². The Hall–Kier alpha value is -0.820. The lowest BCUT2D eigenvalue weighted by Crippen LogP contribution is -2.04. The molecule has 1 aliphatic carbocycles. The molecule has 0 aromatic heterocycles.